The third-order valence-corrected chi connectivity index (χ3v) is 2.63. The maximum atomic E-state index is 10.8. The number of hydrogen-bond acceptors (Lipinski definition) is 7. The summed E-state index contributed by atoms with van der Waals surface area (Å²) in [6.07, 6.45) is 0.327. The molecule has 0 spiro atoms. The van der Waals surface area contributed by atoms with Gasteiger partial charge in [-0.1, -0.05) is 6.08 Å². The van der Waals surface area contributed by atoms with Crippen LogP contribution in [0.3, 0.4) is 0 Å². The van der Waals surface area contributed by atoms with E-state index in [4.69, 9.17) is 5.11 Å². The molecule has 1 fully saturated rings. The Morgan fingerprint density at radius 3 is 2.33 bits per heavy atom. The monoisotopic (exact) mass is 240 g/mol. The van der Waals surface area contributed by atoms with Crippen molar-refractivity contribution in [1.82, 2.24) is 0 Å². The summed E-state index contributed by atoms with van der Waals surface area (Å²) >= 11 is 0. The summed E-state index contributed by atoms with van der Waals surface area (Å²) in [4.78, 5) is 10.6. The number of hydrogen-bond donors (Lipinski definition) is 3. The van der Waals surface area contributed by atoms with Gasteiger partial charge in [-0.3, -0.25) is 0 Å². The van der Waals surface area contributed by atoms with Crippen LogP contribution in [0.5, 0.6) is 0 Å². The molecule has 86 valence electrons. The van der Waals surface area contributed by atoms with Crippen LogP contribution in [0.1, 0.15) is 6.42 Å². The molecule has 2 atom stereocenters. The Hall–Kier alpha value is -1.00. The highest BCUT2D eigenvalue weighted by molar-refractivity contribution is 7.82. The number of rotatable bonds is 3. The van der Waals surface area contributed by atoms with E-state index in [-0.39, 0.29) is 0 Å². The van der Waals surface area contributed by atoms with Gasteiger partial charge < -0.3 is 15.3 Å². The molecule has 15 heavy (non-hydrogen) atoms. The summed E-state index contributed by atoms with van der Waals surface area (Å²) in [6.45, 7) is 3.15. The number of carboxylic acid groups (broad SMARTS) is 1. The van der Waals surface area contributed by atoms with Crippen molar-refractivity contribution >= 4 is 16.4 Å². The molecular weight excluding hydrogens is 232 g/mol. The van der Waals surface area contributed by atoms with Crippen LogP contribution in [-0.4, -0.2) is 41.3 Å². The molecule has 0 saturated carbocycles. The largest absolute Gasteiger partial charge is 0.477 e. The molecule has 1 aliphatic heterocycles. The summed E-state index contributed by atoms with van der Waals surface area (Å²) in [5.41, 5.74) is 0. The number of carboxylic acids is 1. The van der Waals surface area contributed by atoms with Crippen molar-refractivity contribution in [1.29, 1.82) is 0 Å². The van der Waals surface area contributed by atoms with Gasteiger partial charge in [0.05, 0.1) is 0 Å². The van der Waals surface area contributed by atoms with E-state index < -0.39 is 34.4 Å². The van der Waals surface area contributed by atoms with Crippen LogP contribution >= 0.6 is 0 Å². The fourth-order valence-corrected chi connectivity index (χ4v) is 2.08. The van der Waals surface area contributed by atoms with Crippen molar-refractivity contribution in [2.75, 3.05) is 0 Å². The summed E-state index contributed by atoms with van der Waals surface area (Å²) in [7, 11) is -4.76. The zero-order chi connectivity index (χ0) is 11.9. The molecule has 1 aliphatic rings. The van der Waals surface area contributed by atoms with Crippen LogP contribution in [0.4, 0.5) is 0 Å². The Labute approximate surface area is 84.7 Å². The summed E-state index contributed by atoms with van der Waals surface area (Å²) in [5, 5.41) is 27.4. The van der Waals surface area contributed by atoms with Crippen molar-refractivity contribution in [3.05, 3.63) is 12.7 Å². The van der Waals surface area contributed by atoms with Gasteiger partial charge in [0.25, 0.3) is 5.79 Å². The maximum absolute atomic E-state index is 10.8. The minimum atomic E-state index is -4.76. The summed E-state index contributed by atoms with van der Waals surface area (Å²) in [6, 6.07) is 0. The lowest BCUT2D eigenvalue weighted by atomic mass is 10.0. The van der Waals surface area contributed by atoms with Gasteiger partial charge in [-0.25, -0.2) is 8.98 Å². The fraction of sp³-hybridized carbons (Fsp3) is 0.500. The van der Waals surface area contributed by atoms with Crippen LogP contribution in [0.25, 0.3) is 0 Å². The molecule has 0 aromatic carbocycles. The van der Waals surface area contributed by atoms with Crippen molar-refractivity contribution < 1.29 is 36.9 Å². The Kier molecular flexibility index (Phi) is 2.62. The molecule has 0 aliphatic carbocycles. The topological polar surface area (TPSA) is 130 Å². The van der Waals surface area contributed by atoms with Crippen molar-refractivity contribution in [3.63, 3.8) is 0 Å². The molecule has 3 N–H and O–H groups in total. The zero-order valence-corrected chi connectivity index (χ0v) is 8.10. The Bertz CT molecular complexity index is 399. The highest BCUT2D eigenvalue weighted by Crippen LogP contribution is 2.39. The van der Waals surface area contributed by atoms with Gasteiger partial charge >= 0.3 is 22.2 Å². The van der Waals surface area contributed by atoms with Gasteiger partial charge in [0.1, 0.15) is 0 Å². The first-order valence-corrected chi connectivity index (χ1v) is 4.95. The average molecular weight is 240 g/mol. The van der Waals surface area contributed by atoms with Crippen LogP contribution in [0.15, 0.2) is 12.7 Å². The van der Waals surface area contributed by atoms with E-state index in [1.807, 2.05) is 0 Å². The molecule has 1 saturated heterocycles. The van der Waals surface area contributed by atoms with Crippen LogP contribution in [0, 0.1) is 0 Å². The highest BCUT2D eigenvalue weighted by atomic mass is 32.3. The van der Waals surface area contributed by atoms with Gasteiger partial charge in [0.15, 0.2) is 0 Å². The molecule has 1 rings (SSSR count). The molecule has 1 heterocycles. The quantitative estimate of drug-likeness (QED) is 0.498. The molecule has 9 heteroatoms. The van der Waals surface area contributed by atoms with Gasteiger partial charge in [-0.2, -0.15) is 12.6 Å². The zero-order valence-electron chi connectivity index (χ0n) is 7.28. The second-order valence-corrected chi connectivity index (χ2v) is 3.95. The molecule has 0 aromatic rings. The second-order valence-electron chi connectivity index (χ2n) is 2.80. The second kappa shape index (κ2) is 3.25. The van der Waals surface area contributed by atoms with Crippen molar-refractivity contribution in [2.45, 2.75) is 18.0 Å². The van der Waals surface area contributed by atoms with Crippen molar-refractivity contribution in [3.8, 4) is 0 Å². The Morgan fingerprint density at radius 2 is 1.93 bits per heavy atom. The lowest BCUT2D eigenvalue weighted by Crippen LogP contribution is -2.57. The first kappa shape index (κ1) is 12.1. The molecule has 0 amide bonds. The van der Waals surface area contributed by atoms with E-state index >= 15 is 0 Å². The van der Waals surface area contributed by atoms with Crippen LogP contribution in [-0.2, 0) is 23.6 Å². The minimum Gasteiger partial charge on any atom is -0.477 e. The Morgan fingerprint density at radius 1 is 1.40 bits per heavy atom. The van der Waals surface area contributed by atoms with E-state index in [1.165, 1.54) is 0 Å². The van der Waals surface area contributed by atoms with Gasteiger partial charge in [-0.15, -0.1) is 6.58 Å². The molecular formula is C6H8O8S. The third-order valence-electron chi connectivity index (χ3n) is 1.70. The van der Waals surface area contributed by atoms with Gasteiger partial charge in [0.2, 0.25) is 0 Å². The first-order valence-electron chi connectivity index (χ1n) is 3.62. The van der Waals surface area contributed by atoms with Crippen LogP contribution < -0.4 is 0 Å². The molecule has 0 aromatic heterocycles. The fourth-order valence-electron chi connectivity index (χ4n) is 1.03. The van der Waals surface area contributed by atoms with E-state index in [9.17, 15) is 23.4 Å². The summed E-state index contributed by atoms with van der Waals surface area (Å²) in [5.74, 6) is -8.38. The lowest BCUT2D eigenvalue weighted by molar-refractivity contribution is -0.285. The standard InChI is InChI=1S/C6H8O8S/c1-2-3-5(9)6(10,4(7)8)14-15(11,12)13-5/h2,9-10H,1,3H2,(H,7,8). The van der Waals surface area contributed by atoms with Crippen LogP contribution in [0.2, 0.25) is 0 Å². The summed E-state index contributed by atoms with van der Waals surface area (Å²) < 4.78 is 29.3. The predicted octanol–water partition coefficient (Wildman–Crippen LogP) is -1.68. The van der Waals surface area contributed by atoms with E-state index in [2.05, 4.69) is 14.9 Å². The minimum absolute atomic E-state index is 0.644. The first-order chi connectivity index (χ1) is 6.67. The molecule has 0 radical (unpaired) electrons. The SMILES string of the molecule is C=CCC1(O)OS(=O)(=O)OC1(O)C(=O)O. The normalized spacial score (nSPS) is 38.8. The van der Waals surface area contributed by atoms with Gasteiger partial charge in [-0.05, 0) is 0 Å². The number of carbonyl (C=O) groups is 1. The average Bonchev–Trinajstić information content (AvgIpc) is 2.18. The van der Waals surface area contributed by atoms with Crippen molar-refractivity contribution in [2.24, 2.45) is 0 Å². The third kappa shape index (κ3) is 1.75. The Balaban J connectivity index is 3.26. The smallest absolute Gasteiger partial charge is 0.406 e. The van der Waals surface area contributed by atoms with Gasteiger partial charge in [0, 0.05) is 6.42 Å². The van der Waals surface area contributed by atoms with E-state index in [1.54, 1.807) is 0 Å². The number of aliphatic hydroxyl groups is 2. The van der Waals surface area contributed by atoms with E-state index in [0.717, 1.165) is 6.08 Å². The number of aliphatic carboxylic acids is 1. The molecule has 8 nitrogen and oxygen atoms in total. The highest BCUT2D eigenvalue weighted by Gasteiger charge is 2.68. The maximum Gasteiger partial charge on any atom is 0.406 e. The van der Waals surface area contributed by atoms with E-state index in [0.29, 0.717) is 0 Å². The molecule has 2 unspecified atom stereocenters. The predicted molar refractivity (Wildman–Crippen MR) is 43.4 cm³/mol. The molecule has 0 bridgehead atoms. The lowest BCUT2D eigenvalue weighted by Gasteiger charge is -2.26.